The second-order valence-corrected chi connectivity index (χ2v) is 5.95. The number of hydrogen-bond donors (Lipinski definition) is 2. The molecule has 0 radical (unpaired) electrons. The van der Waals surface area contributed by atoms with E-state index in [4.69, 9.17) is 0 Å². The van der Waals surface area contributed by atoms with Gasteiger partial charge in [-0.3, -0.25) is 0 Å². The Kier molecular flexibility index (Phi) is 4.66. The largest absolute Gasteiger partial charge is 0.393 e. The van der Waals surface area contributed by atoms with Crippen LogP contribution in [0, 0.1) is 11.8 Å². The number of rotatable bonds is 5. The summed E-state index contributed by atoms with van der Waals surface area (Å²) in [5, 5.41) is 13.5. The van der Waals surface area contributed by atoms with Crippen LogP contribution in [0.5, 0.6) is 0 Å². The van der Waals surface area contributed by atoms with Gasteiger partial charge in [-0.2, -0.15) is 0 Å². The van der Waals surface area contributed by atoms with Gasteiger partial charge in [0.1, 0.15) is 0 Å². The average Bonchev–Trinajstić information content (AvgIpc) is 2.22. The molecule has 0 aromatic carbocycles. The molecule has 2 aliphatic carbocycles. The highest BCUT2D eigenvalue weighted by Crippen LogP contribution is 2.30. The number of aliphatic hydroxyl groups is 1. The van der Waals surface area contributed by atoms with Crippen molar-refractivity contribution in [1.29, 1.82) is 0 Å². The third-order valence-corrected chi connectivity index (χ3v) is 4.51. The van der Waals surface area contributed by atoms with Crippen LogP contribution in [-0.2, 0) is 0 Å². The molecule has 0 spiro atoms. The molecule has 0 saturated heterocycles. The second-order valence-electron chi connectivity index (χ2n) is 5.95. The zero-order valence-corrected chi connectivity index (χ0v) is 10.6. The van der Waals surface area contributed by atoms with E-state index >= 15 is 0 Å². The molecule has 3 atom stereocenters. The van der Waals surface area contributed by atoms with Crippen molar-refractivity contribution < 1.29 is 5.11 Å². The van der Waals surface area contributed by atoms with Gasteiger partial charge in [-0.15, -0.1) is 0 Å². The van der Waals surface area contributed by atoms with Gasteiger partial charge in [0.15, 0.2) is 0 Å². The first kappa shape index (κ1) is 12.4. The van der Waals surface area contributed by atoms with Crippen molar-refractivity contribution in [3.05, 3.63) is 0 Å². The van der Waals surface area contributed by atoms with E-state index in [1.165, 1.54) is 44.9 Å². The molecule has 2 nitrogen and oxygen atoms in total. The van der Waals surface area contributed by atoms with Crippen LogP contribution >= 0.6 is 0 Å². The molecule has 94 valence electrons. The number of hydrogen-bond acceptors (Lipinski definition) is 2. The van der Waals surface area contributed by atoms with Crippen molar-refractivity contribution in [2.24, 2.45) is 11.8 Å². The molecule has 2 fully saturated rings. The van der Waals surface area contributed by atoms with Gasteiger partial charge < -0.3 is 10.4 Å². The highest BCUT2D eigenvalue weighted by molar-refractivity contribution is 4.79. The Morgan fingerprint density at radius 3 is 2.50 bits per heavy atom. The number of nitrogens with one attached hydrogen (secondary N) is 1. The standard InChI is InChI=1S/C14H27NO/c1-11(9-12-5-4-6-12)15-10-13-7-2-3-8-14(13)16/h11-16H,2-10H2,1H3. The molecule has 0 amide bonds. The molecular formula is C14H27NO. The maximum absolute atomic E-state index is 9.88. The van der Waals surface area contributed by atoms with Crippen LogP contribution in [0.25, 0.3) is 0 Å². The molecule has 0 heterocycles. The van der Waals surface area contributed by atoms with Gasteiger partial charge in [0.05, 0.1) is 6.10 Å². The zero-order chi connectivity index (χ0) is 11.4. The van der Waals surface area contributed by atoms with Gasteiger partial charge in [0.25, 0.3) is 0 Å². The van der Waals surface area contributed by atoms with Crippen LogP contribution in [0.3, 0.4) is 0 Å². The Labute approximate surface area is 99.8 Å². The van der Waals surface area contributed by atoms with Gasteiger partial charge in [0, 0.05) is 12.6 Å². The quantitative estimate of drug-likeness (QED) is 0.754. The van der Waals surface area contributed by atoms with Crippen LogP contribution in [0.15, 0.2) is 0 Å². The molecule has 2 saturated carbocycles. The predicted molar refractivity (Wildman–Crippen MR) is 67.4 cm³/mol. The van der Waals surface area contributed by atoms with Gasteiger partial charge in [-0.05, 0) is 38.0 Å². The molecule has 2 aliphatic rings. The lowest BCUT2D eigenvalue weighted by Gasteiger charge is -2.31. The summed E-state index contributed by atoms with van der Waals surface area (Å²) in [4.78, 5) is 0. The molecule has 0 aliphatic heterocycles. The first-order valence-electron chi connectivity index (χ1n) is 7.17. The summed E-state index contributed by atoms with van der Waals surface area (Å²) in [7, 11) is 0. The molecule has 0 aromatic heterocycles. The van der Waals surface area contributed by atoms with Gasteiger partial charge >= 0.3 is 0 Å². The van der Waals surface area contributed by atoms with E-state index in [2.05, 4.69) is 12.2 Å². The summed E-state index contributed by atoms with van der Waals surface area (Å²) in [6.07, 6.45) is 10.4. The van der Waals surface area contributed by atoms with E-state index in [1.54, 1.807) is 0 Å². The molecule has 16 heavy (non-hydrogen) atoms. The zero-order valence-electron chi connectivity index (χ0n) is 10.6. The fourth-order valence-corrected chi connectivity index (χ4v) is 3.09. The van der Waals surface area contributed by atoms with Gasteiger partial charge in [-0.1, -0.05) is 32.1 Å². The van der Waals surface area contributed by atoms with E-state index in [0.717, 1.165) is 18.9 Å². The van der Waals surface area contributed by atoms with Crippen LogP contribution < -0.4 is 5.32 Å². The van der Waals surface area contributed by atoms with Crippen molar-refractivity contribution in [3.8, 4) is 0 Å². The maximum atomic E-state index is 9.88. The highest BCUT2D eigenvalue weighted by Gasteiger charge is 2.24. The first-order valence-corrected chi connectivity index (χ1v) is 7.17. The normalized spacial score (nSPS) is 33.4. The van der Waals surface area contributed by atoms with E-state index in [-0.39, 0.29) is 6.10 Å². The predicted octanol–water partition coefficient (Wildman–Crippen LogP) is 2.71. The van der Waals surface area contributed by atoms with Crippen molar-refractivity contribution in [1.82, 2.24) is 5.32 Å². The first-order chi connectivity index (χ1) is 7.75. The molecule has 2 heteroatoms. The number of aliphatic hydroxyl groups excluding tert-OH is 1. The van der Waals surface area contributed by atoms with E-state index in [9.17, 15) is 5.11 Å². The van der Waals surface area contributed by atoms with Crippen LogP contribution in [0.1, 0.15) is 58.3 Å². The molecule has 3 unspecified atom stereocenters. The maximum Gasteiger partial charge on any atom is 0.0580 e. The molecule has 0 aromatic rings. The van der Waals surface area contributed by atoms with Gasteiger partial charge in [0.2, 0.25) is 0 Å². The Morgan fingerprint density at radius 2 is 1.88 bits per heavy atom. The lowest BCUT2D eigenvalue weighted by molar-refractivity contribution is 0.0676. The van der Waals surface area contributed by atoms with E-state index in [0.29, 0.717) is 12.0 Å². The fourth-order valence-electron chi connectivity index (χ4n) is 3.09. The Balaban J connectivity index is 1.61. The molecular weight excluding hydrogens is 198 g/mol. The summed E-state index contributed by atoms with van der Waals surface area (Å²) >= 11 is 0. The minimum atomic E-state index is -0.0443. The minimum absolute atomic E-state index is 0.0443. The monoisotopic (exact) mass is 225 g/mol. The Morgan fingerprint density at radius 1 is 1.12 bits per heavy atom. The second kappa shape index (κ2) is 6.02. The van der Waals surface area contributed by atoms with Crippen LogP contribution in [-0.4, -0.2) is 23.8 Å². The van der Waals surface area contributed by atoms with E-state index < -0.39 is 0 Å². The van der Waals surface area contributed by atoms with Crippen molar-refractivity contribution >= 4 is 0 Å². The minimum Gasteiger partial charge on any atom is -0.393 e. The Bertz CT molecular complexity index is 203. The van der Waals surface area contributed by atoms with Gasteiger partial charge in [-0.25, -0.2) is 0 Å². The summed E-state index contributed by atoms with van der Waals surface area (Å²) in [6.45, 7) is 3.32. The summed E-state index contributed by atoms with van der Waals surface area (Å²) < 4.78 is 0. The average molecular weight is 225 g/mol. The fraction of sp³-hybridized carbons (Fsp3) is 1.00. The lowest BCUT2D eigenvalue weighted by atomic mass is 9.81. The lowest BCUT2D eigenvalue weighted by Crippen LogP contribution is -2.38. The van der Waals surface area contributed by atoms with Crippen molar-refractivity contribution in [2.45, 2.75) is 70.4 Å². The smallest absolute Gasteiger partial charge is 0.0580 e. The molecule has 2 N–H and O–H groups in total. The van der Waals surface area contributed by atoms with Crippen molar-refractivity contribution in [3.63, 3.8) is 0 Å². The highest BCUT2D eigenvalue weighted by atomic mass is 16.3. The van der Waals surface area contributed by atoms with E-state index in [1.807, 2.05) is 0 Å². The summed E-state index contributed by atoms with van der Waals surface area (Å²) in [6, 6.07) is 0.638. The summed E-state index contributed by atoms with van der Waals surface area (Å²) in [5.74, 6) is 1.50. The summed E-state index contributed by atoms with van der Waals surface area (Å²) in [5.41, 5.74) is 0. The molecule has 0 bridgehead atoms. The molecule has 2 rings (SSSR count). The third kappa shape index (κ3) is 3.46. The Hall–Kier alpha value is -0.0800. The third-order valence-electron chi connectivity index (χ3n) is 4.51. The van der Waals surface area contributed by atoms with Crippen LogP contribution in [0.4, 0.5) is 0 Å². The topological polar surface area (TPSA) is 32.3 Å². The SMILES string of the molecule is CC(CC1CCC1)NCC1CCCCC1O. The van der Waals surface area contributed by atoms with Crippen LogP contribution in [0.2, 0.25) is 0 Å². The van der Waals surface area contributed by atoms with Crippen molar-refractivity contribution in [2.75, 3.05) is 6.54 Å².